The predicted octanol–water partition coefficient (Wildman–Crippen LogP) is 2.93. The number of esters is 1. The van der Waals surface area contributed by atoms with Gasteiger partial charge in [-0.05, 0) is 25.0 Å². The van der Waals surface area contributed by atoms with Gasteiger partial charge in [0.25, 0.3) is 5.91 Å². The molecule has 0 spiro atoms. The Balaban J connectivity index is 1.51. The van der Waals surface area contributed by atoms with E-state index in [1.165, 1.54) is 0 Å². The summed E-state index contributed by atoms with van der Waals surface area (Å²) in [7, 11) is 0. The van der Waals surface area contributed by atoms with Crippen LogP contribution in [0.2, 0.25) is 0 Å². The Labute approximate surface area is 150 Å². The number of amides is 1. The molecule has 1 amide bonds. The Hall–Kier alpha value is -3.15. The summed E-state index contributed by atoms with van der Waals surface area (Å²) in [5.41, 5.74) is 1.76. The summed E-state index contributed by atoms with van der Waals surface area (Å²) in [5, 5.41) is 7.60. The van der Waals surface area contributed by atoms with E-state index in [4.69, 9.17) is 9.26 Å². The highest BCUT2D eigenvalue weighted by atomic mass is 16.5. The summed E-state index contributed by atoms with van der Waals surface area (Å²) in [5.74, 6) is -0.819. The van der Waals surface area contributed by atoms with E-state index in [9.17, 15) is 9.59 Å². The third kappa shape index (κ3) is 3.59. The Morgan fingerprint density at radius 3 is 2.62 bits per heavy atom. The zero-order valence-electron chi connectivity index (χ0n) is 14.1. The normalized spacial score (nSPS) is 14.8. The largest absolute Gasteiger partial charge is 0.447 e. The van der Waals surface area contributed by atoms with Gasteiger partial charge in [0.2, 0.25) is 6.10 Å². The van der Waals surface area contributed by atoms with Crippen LogP contribution >= 0.6 is 0 Å². The first-order valence-electron chi connectivity index (χ1n) is 8.59. The molecule has 0 bridgehead atoms. The predicted molar refractivity (Wildman–Crippen MR) is 94.2 cm³/mol. The molecule has 132 valence electrons. The average molecular weight is 350 g/mol. The van der Waals surface area contributed by atoms with Crippen molar-refractivity contribution in [3.63, 3.8) is 0 Å². The summed E-state index contributed by atoms with van der Waals surface area (Å²) in [4.78, 5) is 25.0. The molecular weight excluding hydrogens is 332 g/mol. The first-order chi connectivity index (χ1) is 12.7. The maximum absolute atomic E-state index is 12.5. The van der Waals surface area contributed by atoms with E-state index in [-0.39, 0.29) is 18.4 Å². The maximum atomic E-state index is 12.5. The molecule has 1 saturated carbocycles. The average Bonchev–Trinajstić information content (AvgIpc) is 3.39. The van der Waals surface area contributed by atoms with Gasteiger partial charge in [-0.1, -0.05) is 47.6 Å². The molecule has 1 aromatic heterocycles. The SMILES string of the molecule is O=C(Cc1noc2ccccc12)O[C@H](C(=O)NC1CC1)c1ccccc1. The molecule has 0 unspecified atom stereocenters. The fourth-order valence-electron chi connectivity index (χ4n) is 2.78. The van der Waals surface area contributed by atoms with Crippen LogP contribution in [0.5, 0.6) is 0 Å². The summed E-state index contributed by atoms with van der Waals surface area (Å²) >= 11 is 0. The number of para-hydroxylation sites is 1. The van der Waals surface area contributed by atoms with Crippen LogP contribution in [0.25, 0.3) is 11.0 Å². The fourth-order valence-corrected chi connectivity index (χ4v) is 2.78. The van der Waals surface area contributed by atoms with Crippen molar-refractivity contribution >= 4 is 22.8 Å². The second-order valence-corrected chi connectivity index (χ2v) is 6.37. The third-order valence-electron chi connectivity index (χ3n) is 4.28. The molecule has 0 radical (unpaired) electrons. The lowest BCUT2D eigenvalue weighted by atomic mass is 10.1. The van der Waals surface area contributed by atoms with Crippen molar-refractivity contribution in [3.8, 4) is 0 Å². The first kappa shape index (κ1) is 16.3. The van der Waals surface area contributed by atoms with Gasteiger partial charge >= 0.3 is 5.97 Å². The number of nitrogens with one attached hydrogen (secondary N) is 1. The maximum Gasteiger partial charge on any atom is 0.313 e. The number of aromatic nitrogens is 1. The molecule has 1 heterocycles. The topological polar surface area (TPSA) is 81.4 Å². The molecule has 0 aliphatic heterocycles. The minimum atomic E-state index is -0.970. The standard InChI is InChI=1S/C20H18N2O4/c23-18(12-16-15-8-4-5-9-17(15)26-22-16)25-19(13-6-2-1-3-7-13)20(24)21-14-10-11-14/h1-9,14,19H,10-12H2,(H,21,24)/t19-/m0/s1. The first-order valence-corrected chi connectivity index (χ1v) is 8.59. The number of hydrogen-bond donors (Lipinski definition) is 1. The van der Waals surface area contributed by atoms with Gasteiger partial charge in [-0.3, -0.25) is 9.59 Å². The van der Waals surface area contributed by atoms with Crippen LogP contribution in [-0.2, 0) is 20.7 Å². The highest BCUT2D eigenvalue weighted by molar-refractivity contribution is 5.87. The number of benzene rings is 2. The summed E-state index contributed by atoms with van der Waals surface area (Å²) in [6, 6.07) is 16.5. The van der Waals surface area contributed by atoms with Crippen LogP contribution in [0.15, 0.2) is 59.1 Å². The number of carbonyl (C=O) groups excluding carboxylic acids is 2. The van der Waals surface area contributed by atoms with Crippen molar-refractivity contribution < 1.29 is 18.8 Å². The smallest absolute Gasteiger partial charge is 0.313 e. The Bertz CT molecular complexity index is 931. The van der Waals surface area contributed by atoms with Crippen molar-refractivity contribution in [3.05, 3.63) is 65.9 Å². The highest BCUT2D eigenvalue weighted by Gasteiger charge is 2.31. The number of rotatable bonds is 6. The van der Waals surface area contributed by atoms with Crippen LogP contribution in [0.3, 0.4) is 0 Å². The third-order valence-corrected chi connectivity index (χ3v) is 4.28. The number of nitrogens with zero attached hydrogens (tertiary/aromatic N) is 1. The molecule has 1 N–H and O–H groups in total. The van der Waals surface area contributed by atoms with Gasteiger partial charge in [-0.25, -0.2) is 0 Å². The van der Waals surface area contributed by atoms with Gasteiger partial charge in [0, 0.05) is 17.0 Å². The lowest BCUT2D eigenvalue weighted by Gasteiger charge is -2.17. The van der Waals surface area contributed by atoms with Crippen molar-refractivity contribution in [2.75, 3.05) is 0 Å². The summed E-state index contributed by atoms with van der Waals surface area (Å²) in [6.45, 7) is 0. The molecular formula is C20H18N2O4. The summed E-state index contributed by atoms with van der Waals surface area (Å²) < 4.78 is 10.7. The van der Waals surface area contributed by atoms with Gasteiger partial charge in [-0.15, -0.1) is 0 Å². The molecule has 1 fully saturated rings. The van der Waals surface area contributed by atoms with Crippen LogP contribution in [-0.4, -0.2) is 23.1 Å². The van der Waals surface area contributed by atoms with Gasteiger partial charge in [0.15, 0.2) is 5.58 Å². The molecule has 6 heteroatoms. The zero-order chi connectivity index (χ0) is 17.9. The molecule has 2 aromatic carbocycles. The Morgan fingerprint density at radius 2 is 1.85 bits per heavy atom. The fraction of sp³-hybridized carbons (Fsp3) is 0.250. The molecule has 6 nitrogen and oxygen atoms in total. The van der Waals surface area contributed by atoms with Crippen molar-refractivity contribution in [1.82, 2.24) is 10.5 Å². The van der Waals surface area contributed by atoms with E-state index in [1.807, 2.05) is 36.4 Å². The second-order valence-electron chi connectivity index (χ2n) is 6.37. The van der Waals surface area contributed by atoms with Gasteiger partial charge in [0.1, 0.15) is 5.69 Å². The highest BCUT2D eigenvalue weighted by Crippen LogP contribution is 2.24. The number of ether oxygens (including phenoxy) is 1. The van der Waals surface area contributed by atoms with E-state index < -0.39 is 12.1 Å². The molecule has 26 heavy (non-hydrogen) atoms. The van der Waals surface area contributed by atoms with E-state index in [2.05, 4.69) is 10.5 Å². The zero-order valence-corrected chi connectivity index (χ0v) is 14.1. The Kier molecular flexibility index (Phi) is 4.39. The van der Waals surface area contributed by atoms with Crippen LogP contribution in [0.4, 0.5) is 0 Å². The molecule has 1 aliphatic rings. The molecule has 3 aromatic rings. The Morgan fingerprint density at radius 1 is 1.12 bits per heavy atom. The van der Waals surface area contributed by atoms with Gasteiger partial charge in [0.05, 0.1) is 6.42 Å². The summed E-state index contributed by atoms with van der Waals surface area (Å²) in [6.07, 6.45) is 0.900. The molecule has 0 saturated heterocycles. The van der Waals surface area contributed by atoms with E-state index >= 15 is 0 Å². The molecule has 4 rings (SSSR count). The number of carbonyl (C=O) groups is 2. The second kappa shape index (κ2) is 7.00. The minimum Gasteiger partial charge on any atom is -0.447 e. The van der Waals surface area contributed by atoms with E-state index in [0.717, 1.165) is 18.2 Å². The van der Waals surface area contributed by atoms with Crippen molar-refractivity contribution in [1.29, 1.82) is 0 Å². The molecule has 1 atom stereocenters. The molecule has 1 aliphatic carbocycles. The van der Waals surface area contributed by atoms with Crippen LogP contribution < -0.4 is 5.32 Å². The monoisotopic (exact) mass is 350 g/mol. The van der Waals surface area contributed by atoms with Crippen LogP contribution in [0.1, 0.15) is 30.2 Å². The van der Waals surface area contributed by atoms with E-state index in [0.29, 0.717) is 16.8 Å². The lowest BCUT2D eigenvalue weighted by molar-refractivity contribution is -0.156. The van der Waals surface area contributed by atoms with Crippen LogP contribution in [0, 0.1) is 0 Å². The lowest BCUT2D eigenvalue weighted by Crippen LogP contribution is -2.33. The number of fused-ring (bicyclic) bond motifs is 1. The van der Waals surface area contributed by atoms with Gasteiger partial charge < -0.3 is 14.6 Å². The quantitative estimate of drug-likeness (QED) is 0.691. The van der Waals surface area contributed by atoms with Crippen molar-refractivity contribution in [2.24, 2.45) is 0 Å². The van der Waals surface area contributed by atoms with Gasteiger partial charge in [-0.2, -0.15) is 0 Å². The number of hydrogen-bond acceptors (Lipinski definition) is 5. The van der Waals surface area contributed by atoms with E-state index in [1.54, 1.807) is 18.2 Å². The van der Waals surface area contributed by atoms with Crippen molar-refractivity contribution in [2.45, 2.75) is 31.4 Å². The minimum absolute atomic E-state index is 0.0585.